The molecule has 4 nitrogen and oxygen atoms in total. The molecule has 70 valence electrons. The molecule has 0 aliphatic carbocycles. The van der Waals surface area contributed by atoms with E-state index in [1.165, 1.54) is 0 Å². The molecule has 1 rings (SSSR count). The van der Waals surface area contributed by atoms with Gasteiger partial charge < -0.3 is 10.5 Å². The van der Waals surface area contributed by atoms with Crippen LogP contribution in [-0.4, -0.2) is 18.4 Å². The van der Waals surface area contributed by atoms with E-state index in [0.29, 0.717) is 23.4 Å². The number of aromatic nitrogens is 1. The molecule has 0 bridgehead atoms. The van der Waals surface area contributed by atoms with Crippen molar-refractivity contribution >= 4 is 6.29 Å². The van der Waals surface area contributed by atoms with Gasteiger partial charge in [-0.1, -0.05) is 0 Å². The van der Waals surface area contributed by atoms with Crippen LogP contribution in [0.1, 0.15) is 29.1 Å². The molecule has 1 atom stereocenters. The molecule has 0 unspecified atom stereocenters. The lowest BCUT2D eigenvalue weighted by Crippen LogP contribution is -2.10. The molecular formula is C9H12N2O2. The Labute approximate surface area is 76.7 Å². The van der Waals surface area contributed by atoms with Gasteiger partial charge in [-0.3, -0.25) is 4.79 Å². The molecule has 1 heterocycles. The van der Waals surface area contributed by atoms with Crippen LogP contribution >= 0.6 is 0 Å². The summed E-state index contributed by atoms with van der Waals surface area (Å²) in [6.07, 6.45) is 0.686. The molecule has 0 aromatic carbocycles. The quantitative estimate of drug-likeness (QED) is 0.702. The van der Waals surface area contributed by atoms with E-state index in [0.717, 1.165) is 0 Å². The van der Waals surface area contributed by atoms with Crippen molar-refractivity contribution in [1.29, 1.82) is 0 Å². The van der Waals surface area contributed by atoms with Crippen molar-refractivity contribution in [3.63, 3.8) is 0 Å². The van der Waals surface area contributed by atoms with Gasteiger partial charge in [0, 0.05) is 6.04 Å². The second-order valence-electron chi connectivity index (χ2n) is 2.73. The minimum absolute atomic E-state index is 0.241. The average Bonchev–Trinajstić information content (AvgIpc) is 2.16. The third-order valence-electron chi connectivity index (χ3n) is 1.68. The van der Waals surface area contributed by atoms with Crippen LogP contribution in [0.4, 0.5) is 0 Å². The Morgan fingerprint density at radius 2 is 2.31 bits per heavy atom. The van der Waals surface area contributed by atoms with Gasteiger partial charge in [0.05, 0.1) is 12.8 Å². The van der Waals surface area contributed by atoms with Crippen molar-refractivity contribution in [2.24, 2.45) is 5.73 Å². The zero-order chi connectivity index (χ0) is 9.84. The normalized spacial score (nSPS) is 12.2. The molecule has 4 heteroatoms. The van der Waals surface area contributed by atoms with E-state index in [2.05, 4.69) is 4.98 Å². The SMILES string of the molecule is COc1ccc(C=O)nc1[C@H](C)N. The van der Waals surface area contributed by atoms with Crippen LogP contribution in [-0.2, 0) is 0 Å². The molecule has 13 heavy (non-hydrogen) atoms. The van der Waals surface area contributed by atoms with E-state index in [1.54, 1.807) is 26.2 Å². The van der Waals surface area contributed by atoms with Gasteiger partial charge in [-0.2, -0.15) is 0 Å². The number of ether oxygens (including phenoxy) is 1. The smallest absolute Gasteiger partial charge is 0.168 e. The molecule has 0 saturated heterocycles. The van der Waals surface area contributed by atoms with Gasteiger partial charge in [0.25, 0.3) is 0 Å². The van der Waals surface area contributed by atoms with Crippen molar-refractivity contribution < 1.29 is 9.53 Å². The summed E-state index contributed by atoms with van der Waals surface area (Å²) >= 11 is 0. The highest BCUT2D eigenvalue weighted by Gasteiger charge is 2.09. The minimum Gasteiger partial charge on any atom is -0.495 e. The van der Waals surface area contributed by atoms with Crippen molar-refractivity contribution in [2.45, 2.75) is 13.0 Å². The first-order chi connectivity index (χ1) is 6.19. The third kappa shape index (κ3) is 2.03. The van der Waals surface area contributed by atoms with Crippen LogP contribution in [0.15, 0.2) is 12.1 Å². The molecule has 0 aliphatic heterocycles. The predicted molar refractivity (Wildman–Crippen MR) is 48.8 cm³/mol. The Bertz CT molecular complexity index is 310. The highest BCUT2D eigenvalue weighted by Crippen LogP contribution is 2.20. The second-order valence-corrected chi connectivity index (χ2v) is 2.73. The summed E-state index contributed by atoms with van der Waals surface area (Å²) in [5.74, 6) is 0.612. The molecule has 0 radical (unpaired) electrons. The Morgan fingerprint density at radius 3 is 2.77 bits per heavy atom. The first-order valence-electron chi connectivity index (χ1n) is 3.94. The largest absolute Gasteiger partial charge is 0.495 e. The summed E-state index contributed by atoms with van der Waals surface area (Å²) in [7, 11) is 1.55. The van der Waals surface area contributed by atoms with Crippen LogP contribution in [0.2, 0.25) is 0 Å². The molecule has 0 spiro atoms. The van der Waals surface area contributed by atoms with E-state index in [4.69, 9.17) is 10.5 Å². The Hall–Kier alpha value is -1.42. The maximum atomic E-state index is 10.4. The maximum absolute atomic E-state index is 10.4. The van der Waals surface area contributed by atoms with Gasteiger partial charge in [0.2, 0.25) is 0 Å². The fraction of sp³-hybridized carbons (Fsp3) is 0.333. The van der Waals surface area contributed by atoms with E-state index in [9.17, 15) is 4.79 Å². The van der Waals surface area contributed by atoms with E-state index in [-0.39, 0.29) is 6.04 Å². The van der Waals surface area contributed by atoms with Gasteiger partial charge >= 0.3 is 0 Å². The summed E-state index contributed by atoms with van der Waals surface area (Å²) in [6.45, 7) is 1.79. The van der Waals surface area contributed by atoms with Gasteiger partial charge in [-0.15, -0.1) is 0 Å². The number of pyridine rings is 1. The predicted octanol–water partition coefficient (Wildman–Crippen LogP) is 0.922. The van der Waals surface area contributed by atoms with Crippen molar-refractivity contribution in [2.75, 3.05) is 7.11 Å². The number of nitrogens with zero attached hydrogens (tertiary/aromatic N) is 1. The van der Waals surface area contributed by atoms with Crippen LogP contribution < -0.4 is 10.5 Å². The standard InChI is InChI=1S/C9H12N2O2/c1-6(10)9-8(13-2)4-3-7(5-12)11-9/h3-6H,10H2,1-2H3/t6-/m0/s1. The van der Waals surface area contributed by atoms with Gasteiger partial charge in [-0.25, -0.2) is 4.98 Å². The zero-order valence-corrected chi connectivity index (χ0v) is 7.65. The summed E-state index contributed by atoms with van der Waals surface area (Å²) in [5.41, 5.74) is 6.63. The van der Waals surface area contributed by atoms with Gasteiger partial charge in [0.15, 0.2) is 6.29 Å². The first-order valence-corrected chi connectivity index (χ1v) is 3.94. The lowest BCUT2D eigenvalue weighted by Gasteiger charge is -2.10. The molecule has 1 aromatic rings. The zero-order valence-electron chi connectivity index (χ0n) is 7.65. The highest BCUT2D eigenvalue weighted by molar-refractivity contribution is 5.72. The number of methoxy groups -OCH3 is 1. The molecule has 0 aliphatic rings. The topological polar surface area (TPSA) is 65.2 Å². The Kier molecular flexibility index (Phi) is 2.97. The van der Waals surface area contributed by atoms with Crippen LogP contribution in [0.5, 0.6) is 5.75 Å². The number of carbonyl (C=O) groups excluding carboxylic acids is 1. The molecule has 0 fully saturated rings. The minimum atomic E-state index is -0.241. The lowest BCUT2D eigenvalue weighted by atomic mass is 10.2. The fourth-order valence-corrected chi connectivity index (χ4v) is 1.04. The summed E-state index contributed by atoms with van der Waals surface area (Å²) in [4.78, 5) is 14.5. The van der Waals surface area contributed by atoms with Crippen molar-refractivity contribution in [3.8, 4) is 5.75 Å². The molecule has 0 amide bonds. The number of carbonyl (C=O) groups is 1. The number of hydrogen-bond donors (Lipinski definition) is 1. The van der Waals surface area contributed by atoms with E-state index < -0.39 is 0 Å². The van der Waals surface area contributed by atoms with Crippen LogP contribution in [0.3, 0.4) is 0 Å². The molecule has 1 aromatic heterocycles. The Morgan fingerprint density at radius 1 is 1.62 bits per heavy atom. The summed E-state index contributed by atoms with van der Waals surface area (Å²) in [5, 5.41) is 0. The van der Waals surface area contributed by atoms with Crippen molar-refractivity contribution in [3.05, 3.63) is 23.5 Å². The van der Waals surface area contributed by atoms with Gasteiger partial charge in [0.1, 0.15) is 11.4 Å². The van der Waals surface area contributed by atoms with Gasteiger partial charge in [-0.05, 0) is 19.1 Å². The van der Waals surface area contributed by atoms with E-state index >= 15 is 0 Å². The van der Waals surface area contributed by atoms with Crippen LogP contribution in [0, 0.1) is 0 Å². The second kappa shape index (κ2) is 4.00. The third-order valence-corrected chi connectivity index (χ3v) is 1.68. The number of hydrogen-bond acceptors (Lipinski definition) is 4. The average molecular weight is 180 g/mol. The lowest BCUT2D eigenvalue weighted by molar-refractivity contribution is 0.111. The number of nitrogens with two attached hydrogens (primary N) is 1. The van der Waals surface area contributed by atoms with Crippen LogP contribution in [0.25, 0.3) is 0 Å². The highest BCUT2D eigenvalue weighted by atomic mass is 16.5. The summed E-state index contributed by atoms with van der Waals surface area (Å²) in [6, 6.07) is 3.04. The van der Waals surface area contributed by atoms with Crippen molar-refractivity contribution in [1.82, 2.24) is 4.98 Å². The number of rotatable bonds is 3. The first kappa shape index (κ1) is 9.67. The fourth-order valence-electron chi connectivity index (χ4n) is 1.04. The van der Waals surface area contributed by atoms with E-state index in [1.807, 2.05) is 0 Å². The maximum Gasteiger partial charge on any atom is 0.168 e. The molecule has 2 N–H and O–H groups in total. The Balaban J connectivity index is 3.17. The number of aldehydes is 1. The monoisotopic (exact) mass is 180 g/mol. The summed E-state index contributed by atoms with van der Waals surface area (Å²) < 4.78 is 5.05. The molecular weight excluding hydrogens is 168 g/mol. The molecule has 0 saturated carbocycles.